The molecule has 1 aliphatic heterocycles. The molecular formula is C18H19N3O3. The van der Waals surface area contributed by atoms with Crippen molar-refractivity contribution in [2.45, 2.75) is 39.3 Å². The number of ether oxygens (including phenoxy) is 2. The van der Waals surface area contributed by atoms with Crippen LogP contribution in [0.5, 0.6) is 11.5 Å². The molecule has 2 heterocycles. The topological polar surface area (TPSA) is 77.1 Å². The normalized spacial score (nSPS) is 15.8. The quantitative estimate of drug-likeness (QED) is 0.860. The van der Waals surface area contributed by atoms with E-state index in [0.717, 1.165) is 11.3 Å². The first-order chi connectivity index (χ1) is 11.7. The lowest BCUT2D eigenvalue weighted by Crippen LogP contribution is -2.39. The molecule has 0 fully saturated rings. The Morgan fingerprint density at radius 3 is 2.71 bits per heavy atom. The van der Waals surface area contributed by atoms with E-state index >= 15 is 0 Å². The highest BCUT2D eigenvalue weighted by Crippen LogP contribution is 2.31. The molecule has 124 valence electrons. The van der Waals surface area contributed by atoms with Crippen LogP contribution in [0.15, 0.2) is 29.1 Å². The molecule has 3 rings (SSSR count). The minimum atomic E-state index is -0.367. The van der Waals surface area contributed by atoms with Crippen LogP contribution in [-0.2, 0) is 19.4 Å². The van der Waals surface area contributed by atoms with Crippen LogP contribution in [0.1, 0.15) is 30.7 Å². The van der Waals surface area contributed by atoms with E-state index in [1.165, 1.54) is 4.68 Å². The van der Waals surface area contributed by atoms with Crippen molar-refractivity contribution in [1.29, 1.82) is 5.26 Å². The molecule has 1 atom stereocenters. The number of aromatic nitrogens is 2. The molecule has 0 amide bonds. The zero-order valence-corrected chi connectivity index (χ0v) is 13.8. The molecule has 1 aromatic carbocycles. The molecule has 0 spiro atoms. The number of aryl methyl sites for hydroxylation is 1. The molecular weight excluding hydrogens is 306 g/mol. The van der Waals surface area contributed by atoms with Crippen molar-refractivity contribution >= 4 is 0 Å². The zero-order chi connectivity index (χ0) is 17.1. The highest BCUT2D eigenvalue weighted by atomic mass is 16.6. The molecule has 1 aromatic heterocycles. The summed E-state index contributed by atoms with van der Waals surface area (Å²) in [6.07, 6.45) is 0.961. The Balaban J connectivity index is 1.91. The number of hydrogen-bond donors (Lipinski definition) is 0. The average molecular weight is 325 g/mol. The third-order valence-corrected chi connectivity index (χ3v) is 4.08. The molecule has 24 heavy (non-hydrogen) atoms. The van der Waals surface area contributed by atoms with Crippen molar-refractivity contribution in [3.8, 4) is 17.6 Å². The van der Waals surface area contributed by atoms with Crippen molar-refractivity contribution in [2.24, 2.45) is 0 Å². The van der Waals surface area contributed by atoms with Gasteiger partial charge in [-0.15, -0.1) is 0 Å². The predicted molar refractivity (Wildman–Crippen MR) is 88.3 cm³/mol. The lowest BCUT2D eigenvalue weighted by atomic mass is 10.0. The summed E-state index contributed by atoms with van der Waals surface area (Å²) >= 11 is 0. The van der Waals surface area contributed by atoms with E-state index in [0.29, 0.717) is 30.9 Å². The third-order valence-electron chi connectivity index (χ3n) is 4.08. The summed E-state index contributed by atoms with van der Waals surface area (Å²) in [6.45, 7) is 4.48. The van der Waals surface area contributed by atoms with Gasteiger partial charge in [0, 0.05) is 0 Å². The standard InChI is InChI=1S/C18H19N3O3/c1-3-13-14(9-19)18(22)21(20-15(13)4-2)10-12-11-23-16-7-5-6-8-17(16)24-12/h5-8,12H,3-4,10-11H2,1-2H3/t12-/m0/s1. The van der Waals surface area contributed by atoms with Gasteiger partial charge in [0.15, 0.2) is 17.6 Å². The van der Waals surface area contributed by atoms with Gasteiger partial charge in [-0.1, -0.05) is 26.0 Å². The van der Waals surface area contributed by atoms with Gasteiger partial charge in [0.05, 0.1) is 12.2 Å². The largest absolute Gasteiger partial charge is 0.486 e. The fraction of sp³-hybridized carbons (Fsp3) is 0.389. The lowest BCUT2D eigenvalue weighted by Gasteiger charge is -2.26. The number of para-hydroxylation sites is 2. The number of nitriles is 1. The minimum Gasteiger partial charge on any atom is -0.486 e. The Bertz CT molecular complexity index is 852. The molecule has 2 aromatic rings. The Kier molecular flexibility index (Phi) is 4.52. The van der Waals surface area contributed by atoms with Crippen molar-refractivity contribution in [3.63, 3.8) is 0 Å². The van der Waals surface area contributed by atoms with E-state index in [-0.39, 0.29) is 23.8 Å². The van der Waals surface area contributed by atoms with Crippen LogP contribution >= 0.6 is 0 Å². The molecule has 0 N–H and O–H groups in total. The Hall–Kier alpha value is -2.81. The van der Waals surface area contributed by atoms with E-state index in [2.05, 4.69) is 5.10 Å². The molecule has 0 saturated heterocycles. The number of fused-ring (bicyclic) bond motifs is 1. The van der Waals surface area contributed by atoms with Crippen molar-refractivity contribution in [1.82, 2.24) is 9.78 Å². The molecule has 6 nitrogen and oxygen atoms in total. The third kappa shape index (κ3) is 2.85. The first-order valence-electron chi connectivity index (χ1n) is 8.09. The zero-order valence-electron chi connectivity index (χ0n) is 13.8. The van der Waals surface area contributed by atoms with Gasteiger partial charge in [0.1, 0.15) is 18.2 Å². The van der Waals surface area contributed by atoms with Crippen LogP contribution < -0.4 is 15.0 Å². The van der Waals surface area contributed by atoms with Crippen LogP contribution in [0.4, 0.5) is 0 Å². The first-order valence-corrected chi connectivity index (χ1v) is 8.09. The fourth-order valence-corrected chi connectivity index (χ4v) is 2.90. The lowest BCUT2D eigenvalue weighted by molar-refractivity contribution is 0.0745. The van der Waals surface area contributed by atoms with Gasteiger partial charge < -0.3 is 9.47 Å². The summed E-state index contributed by atoms with van der Waals surface area (Å²) in [7, 11) is 0. The van der Waals surface area contributed by atoms with Gasteiger partial charge in [-0.3, -0.25) is 4.79 Å². The fourth-order valence-electron chi connectivity index (χ4n) is 2.90. The van der Waals surface area contributed by atoms with Gasteiger partial charge in [0.25, 0.3) is 5.56 Å². The monoisotopic (exact) mass is 325 g/mol. The van der Waals surface area contributed by atoms with E-state index < -0.39 is 0 Å². The van der Waals surface area contributed by atoms with E-state index in [1.807, 2.05) is 44.2 Å². The van der Waals surface area contributed by atoms with Crippen molar-refractivity contribution in [3.05, 3.63) is 51.4 Å². The average Bonchev–Trinajstić information content (AvgIpc) is 2.62. The highest BCUT2D eigenvalue weighted by Gasteiger charge is 2.23. The molecule has 0 radical (unpaired) electrons. The van der Waals surface area contributed by atoms with Gasteiger partial charge in [0.2, 0.25) is 0 Å². The second kappa shape index (κ2) is 6.75. The predicted octanol–water partition coefficient (Wildman–Crippen LogP) is 2.08. The molecule has 0 aliphatic carbocycles. The van der Waals surface area contributed by atoms with Crippen molar-refractivity contribution in [2.75, 3.05) is 6.61 Å². The number of nitrogens with zero attached hydrogens (tertiary/aromatic N) is 3. The van der Waals surface area contributed by atoms with Gasteiger partial charge in [-0.25, -0.2) is 4.68 Å². The summed E-state index contributed by atoms with van der Waals surface area (Å²) in [6, 6.07) is 9.46. The van der Waals surface area contributed by atoms with Gasteiger partial charge in [-0.2, -0.15) is 10.4 Å². The minimum absolute atomic E-state index is 0.182. The molecule has 0 unspecified atom stereocenters. The Labute approximate surface area is 140 Å². The second-order valence-corrected chi connectivity index (χ2v) is 5.60. The smallest absolute Gasteiger partial charge is 0.285 e. The van der Waals surface area contributed by atoms with E-state index in [1.54, 1.807) is 0 Å². The molecule has 1 aliphatic rings. The maximum Gasteiger partial charge on any atom is 0.285 e. The number of benzene rings is 1. The van der Waals surface area contributed by atoms with Crippen LogP contribution in [0, 0.1) is 11.3 Å². The molecule has 0 bridgehead atoms. The molecule has 6 heteroatoms. The van der Waals surface area contributed by atoms with Gasteiger partial charge in [-0.05, 0) is 30.5 Å². The summed E-state index contributed by atoms with van der Waals surface area (Å²) in [5.41, 5.74) is 1.34. The molecule has 0 saturated carbocycles. The van der Waals surface area contributed by atoms with E-state index in [4.69, 9.17) is 9.47 Å². The number of hydrogen-bond acceptors (Lipinski definition) is 5. The highest BCUT2D eigenvalue weighted by molar-refractivity contribution is 5.41. The maximum absolute atomic E-state index is 12.5. The van der Waals surface area contributed by atoms with E-state index in [9.17, 15) is 10.1 Å². The first kappa shape index (κ1) is 16.1. The van der Waals surface area contributed by atoms with Gasteiger partial charge >= 0.3 is 0 Å². The summed E-state index contributed by atoms with van der Waals surface area (Å²) < 4.78 is 12.9. The summed E-state index contributed by atoms with van der Waals surface area (Å²) in [5.74, 6) is 1.35. The Morgan fingerprint density at radius 1 is 1.29 bits per heavy atom. The maximum atomic E-state index is 12.5. The summed E-state index contributed by atoms with van der Waals surface area (Å²) in [5, 5.41) is 13.8. The van der Waals surface area contributed by atoms with Crippen LogP contribution in [0.3, 0.4) is 0 Å². The van der Waals surface area contributed by atoms with Crippen LogP contribution in [0.2, 0.25) is 0 Å². The van der Waals surface area contributed by atoms with Crippen LogP contribution in [-0.4, -0.2) is 22.5 Å². The van der Waals surface area contributed by atoms with Crippen LogP contribution in [0.25, 0.3) is 0 Å². The second-order valence-electron chi connectivity index (χ2n) is 5.60. The Morgan fingerprint density at radius 2 is 2.04 bits per heavy atom. The van der Waals surface area contributed by atoms with Crippen molar-refractivity contribution < 1.29 is 9.47 Å². The summed E-state index contributed by atoms with van der Waals surface area (Å²) in [4.78, 5) is 12.5. The SMILES string of the molecule is CCc1nn(C[C@H]2COc3ccccc3O2)c(=O)c(C#N)c1CC. The number of rotatable bonds is 4.